The molecule has 110 valence electrons. The second kappa shape index (κ2) is 6.36. The summed E-state index contributed by atoms with van der Waals surface area (Å²) in [5, 5.41) is 12.3. The van der Waals surface area contributed by atoms with Gasteiger partial charge in [-0.3, -0.25) is 4.79 Å². The number of carboxylic acids is 1. The molecule has 1 amide bonds. The standard InChI is InChI=1S/C14H13BrN2O3S/c1-7-9(4-3-5-10(7)15)13(18)16-6-11-17-8(2)12(21-11)14(19)20/h3-5H,6H2,1-2H3,(H,16,18)(H,19,20). The van der Waals surface area contributed by atoms with Crippen molar-refractivity contribution in [2.24, 2.45) is 0 Å². The first-order chi connectivity index (χ1) is 9.90. The van der Waals surface area contributed by atoms with Crippen LogP contribution in [0.25, 0.3) is 0 Å². The van der Waals surface area contributed by atoms with E-state index in [0.717, 1.165) is 21.4 Å². The van der Waals surface area contributed by atoms with E-state index in [-0.39, 0.29) is 17.3 Å². The highest BCUT2D eigenvalue weighted by Crippen LogP contribution is 2.20. The number of thiazole rings is 1. The van der Waals surface area contributed by atoms with E-state index in [0.29, 0.717) is 16.3 Å². The highest BCUT2D eigenvalue weighted by Gasteiger charge is 2.15. The Kier molecular flexibility index (Phi) is 4.74. The molecule has 1 aromatic carbocycles. The summed E-state index contributed by atoms with van der Waals surface area (Å²) in [5.41, 5.74) is 1.91. The van der Waals surface area contributed by atoms with Crippen LogP contribution in [0.5, 0.6) is 0 Å². The van der Waals surface area contributed by atoms with Gasteiger partial charge in [0.1, 0.15) is 9.88 Å². The van der Waals surface area contributed by atoms with Crippen molar-refractivity contribution in [1.82, 2.24) is 10.3 Å². The fourth-order valence-corrected chi connectivity index (χ4v) is 3.04. The molecule has 21 heavy (non-hydrogen) atoms. The van der Waals surface area contributed by atoms with Gasteiger partial charge in [0, 0.05) is 10.0 Å². The number of nitrogens with one attached hydrogen (secondary N) is 1. The van der Waals surface area contributed by atoms with Gasteiger partial charge >= 0.3 is 5.97 Å². The number of hydrogen-bond donors (Lipinski definition) is 2. The third kappa shape index (κ3) is 3.48. The molecule has 0 aliphatic heterocycles. The van der Waals surface area contributed by atoms with Crippen LogP contribution in [-0.4, -0.2) is 22.0 Å². The average molecular weight is 369 g/mol. The van der Waals surface area contributed by atoms with Crippen molar-refractivity contribution in [2.75, 3.05) is 0 Å². The van der Waals surface area contributed by atoms with Gasteiger partial charge in [0.2, 0.25) is 0 Å². The molecule has 0 saturated carbocycles. The molecular formula is C14H13BrN2O3S. The van der Waals surface area contributed by atoms with Gasteiger partial charge in [-0.1, -0.05) is 22.0 Å². The van der Waals surface area contributed by atoms with Crippen molar-refractivity contribution in [3.8, 4) is 0 Å². The first-order valence-electron chi connectivity index (χ1n) is 6.13. The fraction of sp³-hybridized carbons (Fsp3) is 0.214. The van der Waals surface area contributed by atoms with Crippen LogP contribution in [-0.2, 0) is 6.54 Å². The van der Waals surface area contributed by atoms with Crippen molar-refractivity contribution >= 4 is 39.1 Å². The molecule has 0 unspecified atom stereocenters. The van der Waals surface area contributed by atoms with Crippen LogP contribution in [0.3, 0.4) is 0 Å². The zero-order valence-corrected chi connectivity index (χ0v) is 13.8. The maximum atomic E-state index is 12.1. The largest absolute Gasteiger partial charge is 0.477 e. The number of nitrogens with zero attached hydrogens (tertiary/aromatic N) is 1. The Morgan fingerprint density at radius 3 is 2.71 bits per heavy atom. The Labute approximate surface area is 134 Å². The molecular weight excluding hydrogens is 356 g/mol. The molecule has 2 N–H and O–H groups in total. The highest BCUT2D eigenvalue weighted by atomic mass is 79.9. The van der Waals surface area contributed by atoms with Gasteiger partial charge in [0.25, 0.3) is 5.91 Å². The minimum Gasteiger partial charge on any atom is -0.477 e. The van der Waals surface area contributed by atoms with E-state index in [9.17, 15) is 9.59 Å². The molecule has 5 nitrogen and oxygen atoms in total. The van der Waals surface area contributed by atoms with Gasteiger partial charge in [-0.2, -0.15) is 0 Å². The normalized spacial score (nSPS) is 10.4. The third-order valence-corrected chi connectivity index (χ3v) is 4.95. The van der Waals surface area contributed by atoms with Gasteiger partial charge in [0.15, 0.2) is 0 Å². The SMILES string of the molecule is Cc1nc(CNC(=O)c2cccc(Br)c2C)sc1C(=O)O. The van der Waals surface area contributed by atoms with Gasteiger partial charge in [-0.05, 0) is 31.5 Å². The number of amides is 1. The van der Waals surface area contributed by atoms with E-state index in [1.165, 1.54) is 0 Å². The second-order valence-electron chi connectivity index (χ2n) is 4.42. The van der Waals surface area contributed by atoms with Crippen LogP contribution in [0.1, 0.15) is 36.3 Å². The summed E-state index contributed by atoms with van der Waals surface area (Å²) < 4.78 is 0.869. The van der Waals surface area contributed by atoms with Crippen LogP contribution in [0.4, 0.5) is 0 Å². The molecule has 0 atom stereocenters. The quantitative estimate of drug-likeness (QED) is 0.868. The molecule has 1 aromatic heterocycles. The van der Waals surface area contributed by atoms with Crippen molar-refractivity contribution in [2.45, 2.75) is 20.4 Å². The maximum Gasteiger partial charge on any atom is 0.347 e. The van der Waals surface area contributed by atoms with Gasteiger partial charge < -0.3 is 10.4 Å². The van der Waals surface area contributed by atoms with Crippen LogP contribution in [0.2, 0.25) is 0 Å². The summed E-state index contributed by atoms with van der Waals surface area (Å²) in [6, 6.07) is 5.41. The molecule has 0 saturated heterocycles. The molecule has 0 aliphatic carbocycles. The number of aryl methyl sites for hydroxylation is 1. The number of aromatic carboxylic acids is 1. The van der Waals surface area contributed by atoms with Crippen LogP contribution in [0.15, 0.2) is 22.7 Å². The maximum absolute atomic E-state index is 12.1. The third-order valence-electron chi connectivity index (χ3n) is 2.95. The van der Waals surface area contributed by atoms with E-state index >= 15 is 0 Å². The number of carboxylic acid groups (broad SMARTS) is 1. The van der Waals surface area contributed by atoms with Crippen molar-refractivity contribution < 1.29 is 14.7 Å². The summed E-state index contributed by atoms with van der Waals surface area (Å²) >= 11 is 4.46. The Balaban J connectivity index is 2.09. The number of carbonyl (C=O) groups is 2. The molecule has 0 spiro atoms. The number of benzene rings is 1. The van der Waals surface area contributed by atoms with Crippen molar-refractivity contribution in [3.63, 3.8) is 0 Å². The van der Waals surface area contributed by atoms with Gasteiger partial charge in [-0.15, -0.1) is 11.3 Å². The van der Waals surface area contributed by atoms with E-state index < -0.39 is 5.97 Å². The zero-order valence-electron chi connectivity index (χ0n) is 11.4. The highest BCUT2D eigenvalue weighted by molar-refractivity contribution is 9.10. The lowest BCUT2D eigenvalue weighted by Gasteiger charge is -2.07. The monoisotopic (exact) mass is 368 g/mol. The Morgan fingerprint density at radius 1 is 1.38 bits per heavy atom. The molecule has 0 aliphatic rings. The average Bonchev–Trinajstić information content (AvgIpc) is 2.80. The van der Waals surface area contributed by atoms with E-state index in [4.69, 9.17) is 5.11 Å². The minimum absolute atomic E-state index is 0.206. The predicted octanol–water partition coefficient (Wildman–Crippen LogP) is 3.15. The lowest BCUT2D eigenvalue weighted by molar-refractivity contribution is 0.0701. The van der Waals surface area contributed by atoms with Crippen molar-refractivity contribution in [1.29, 1.82) is 0 Å². The lowest BCUT2D eigenvalue weighted by Crippen LogP contribution is -2.23. The summed E-state index contributed by atoms with van der Waals surface area (Å²) in [6.45, 7) is 3.71. The van der Waals surface area contributed by atoms with E-state index in [1.54, 1.807) is 19.1 Å². The minimum atomic E-state index is -0.995. The summed E-state index contributed by atoms with van der Waals surface area (Å²) in [4.78, 5) is 27.5. The number of carbonyl (C=O) groups excluding carboxylic acids is 1. The molecule has 0 fully saturated rings. The topological polar surface area (TPSA) is 79.3 Å². The smallest absolute Gasteiger partial charge is 0.347 e. The Morgan fingerprint density at radius 2 is 2.10 bits per heavy atom. The van der Waals surface area contributed by atoms with Gasteiger partial charge in [-0.25, -0.2) is 9.78 Å². The summed E-state index contributed by atoms with van der Waals surface area (Å²) in [7, 11) is 0. The van der Waals surface area contributed by atoms with Gasteiger partial charge in [0.05, 0.1) is 12.2 Å². The number of hydrogen-bond acceptors (Lipinski definition) is 4. The number of aromatic nitrogens is 1. The molecule has 7 heteroatoms. The second-order valence-corrected chi connectivity index (χ2v) is 6.36. The molecule has 2 aromatic rings. The molecule has 2 rings (SSSR count). The number of halogens is 1. The van der Waals surface area contributed by atoms with Crippen LogP contribution >= 0.6 is 27.3 Å². The Hall–Kier alpha value is -1.73. The Bertz CT molecular complexity index is 712. The molecule has 1 heterocycles. The van der Waals surface area contributed by atoms with E-state index in [2.05, 4.69) is 26.2 Å². The molecule has 0 radical (unpaired) electrons. The van der Waals surface area contributed by atoms with Crippen LogP contribution < -0.4 is 5.32 Å². The fourth-order valence-electron chi connectivity index (χ4n) is 1.83. The summed E-state index contributed by atoms with van der Waals surface area (Å²) in [5.74, 6) is -1.20. The predicted molar refractivity (Wildman–Crippen MR) is 83.9 cm³/mol. The molecule has 0 bridgehead atoms. The summed E-state index contributed by atoms with van der Waals surface area (Å²) in [6.07, 6.45) is 0. The van der Waals surface area contributed by atoms with Crippen LogP contribution in [0, 0.1) is 13.8 Å². The first kappa shape index (κ1) is 15.7. The lowest BCUT2D eigenvalue weighted by atomic mass is 10.1. The van der Waals surface area contributed by atoms with E-state index in [1.807, 2.05) is 13.0 Å². The number of rotatable bonds is 4. The zero-order chi connectivity index (χ0) is 15.6. The first-order valence-corrected chi connectivity index (χ1v) is 7.74. The van der Waals surface area contributed by atoms with Crippen molar-refractivity contribution in [3.05, 3.63) is 49.4 Å².